The summed E-state index contributed by atoms with van der Waals surface area (Å²) in [5.41, 5.74) is 3.28. The monoisotopic (exact) mass is 436 g/mol. The molecule has 0 aliphatic carbocycles. The van der Waals surface area contributed by atoms with E-state index in [4.69, 9.17) is 4.74 Å². The highest BCUT2D eigenvalue weighted by Gasteiger charge is 2.46. The van der Waals surface area contributed by atoms with Gasteiger partial charge in [-0.2, -0.15) is 0 Å². The highest BCUT2D eigenvalue weighted by atomic mass is 16.5. The second kappa shape index (κ2) is 9.36. The van der Waals surface area contributed by atoms with E-state index >= 15 is 0 Å². The molecule has 0 bridgehead atoms. The Morgan fingerprint density at radius 1 is 1.09 bits per heavy atom. The molecule has 1 unspecified atom stereocenters. The Labute approximate surface area is 187 Å². The summed E-state index contributed by atoms with van der Waals surface area (Å²) in [6.45, 7) is 4.60. The number of Topliss-reactive ketones (excluding diaryl/α,β-unsaturated/α-hetero) is 1. The summed E-state index contributed by atoms with van der Waals surface area (Å²) in [6, 6.07) is 11.4. The topological polar surface area (TPSA) is 87.1 Å². The lowest BCUT2D eigenvalue weighted by molar-refractivity contribution is -0.140. The van der Waals surface area contributed by atoms with E-state index < -0.39 is 23.7 Å². The number of ketones is 1. The maximum absolute atomic E-state index is 13.1. The van der Waals surface area contributed by atoms with Crippen molar-refractivity contribution in [3.05, 3.63) is 75.9 Å². The minimum atomic E-state index is -0.762. The van der Waals surface area contributed by atoms with Crippen molar-refractivity contribution in [1.82, 2.24) is 9.80 Å². The van der Waals surface area contributed by atoms with Gasteiger partial charge in [0.05, 0.1) is 24.3 Å². The lowest BCUT2D eigenvalue weighted by atomic mass is 9.93. The molecule has 0 radical (unpaired) electrons. The normalized spacial score (nSPS) is 17.8. The third-order valence-corrected chi connectivity index (χ3v) is 5.62. The number of aliphatic hydroxyl groups is 1. The molecule has 1 fully saturated rings. The number of likely N-dealkylation sites (N-methyl/N-ethyl adjacent to an activating group) is 1. The van der Waals surface area contributed by atoms with Crippen molar-refractivity contribution in [2.24, 2.45) is 0 Å². The highest BCUT2D eigenvalue weighted by molar-refractivity contribution is 6.46. The summed E-state index contributed by atoms with van der Waals surface area (Å²) in [5.74, 6) is -2.04. The minimum absolute atomic E-state index is 0.0493. The molecular weight excluding hydrogens is 408 g/mol. The number of ether oxygens (including phenoxy) is 1. The first-order valence-corrected chi connectivity index (χ1v) is 10.3. The zero-order valence-electron chi connectivity index (χ0n) is 19.0. The second-order valence-corrected chi connectivity index (χ2v) is 8.23. The summed E-state index contributed by atoms with van der Waals surface area (Å²) >= 11 is 0. The number of esters is 1. The van der Waals surface area contributed by atoms with Crippen molar-refractivity contribution in [2.75, 3.05) is 34.3 Å². The van der Waals surface area contributed by atoms with Gasteiger partial charge in [-0.15, -0.1) is 0 Å². The van der Waals surface area contributed by atoms with Crippen molar-refractivity contribution in [2.45, 2.75) is 19.9 Å². The van der Waals surface area contributed by atoms with Crippen LogP contribution in [-0.4, -0.2) is 66.9 Å². The number of nitrogens with zero attached hydrogens (tertiary/aromatic N) is 2. The number of aliphatic hydroxyl groups excluding tert-OH is 1. The van der Waals surface area contributed by atoms with Crippen molar-refractivity contribution < 1.29 is 24.2 Å². The standard InChI is InChI=1S/C25H28N2O5/c1-15-6-7-16(2)19(14-15)22(28)20-21(17-8-10-18(11-9-17)25(31)32-5)27(13-12-26(3)4)24(30)23(20)29/h6-11,14,21,28H,12-13H2,1-5H3. The molecule has 32 heavy (non-hydrogen) atoms. The summed E-state index contributed by atoms with van der Waals surface area (Å²) < 4.78 is 4.75. The lowest BCUT2D eigenvalue weighted by Crippen LogP contribution is -2.35. The van der Waals surface area contributed by atoms with Crippen LogP contribution in [0.1, 0.15) is 38.7 Å². The molecule has 1 heterocycles. The number of carbonyl (C=O) groups is 3. The van der Waals surface area contributed by atoms with Crippen molar-refractivity contribution in [3.8, 4) is 0 Å². The molecule has 1 amide bonds. The number of methoxy groups -OCH3 is 1. The largest absolute Gasteiger partial charge is 0.507 e. The van der Waals surface area contributed by atoms with Crippen LogP contribution in [0.15, 0.2) is 48.0 Å². The van der Waals surface area contributed by atoms with Gasteiger partial charge in [-0.05, 0) is 57.3 Å². The fourth-order valence-electron chi connectivity index (χ4n) is 3.82. The van der Waals surface area contributed by atoms with Crippen molar-refractivity contribution in [1.29, 1.82) is 0 Å². The lowest BCUT2D eigenvalue weighted by Gasteiger charge is -2.26. The Bertz CT molecular complexity index is 1090. The zero-order chi connectivity index (χ0) is 23.6. The van der Waals surface area contributed by atoms with Crippen LogP contribution in [0.5, 0.6) is 0 Å². The van der Waals surface area contributed by atoms with Crippen molar-refractivity contribution in [3.63, 3.8) is 0 Å². The summed E-state index contributed by atoms with van der Waals surface area (Å²) in [6.07, 6.45) is 0. The predicted octanol–water partition coefficient (Wildman–Crippen LogP) is 3.07. The van der Waals surface area contributed by atoms with Gasteiger partial charge in [0.15, 0.2) is 0 Å². The summed E-state index contributed by atoms with van der Waals surface area (Å²) in [5, 5.41) is 11.2. The van der Waals surface area contributed by atoms with E-state index in [-0.39, 0.29) is 11.3 Å². The summed E-state index contributed by atoms with van der Waals surface area (Å²) in [7, 11) is 5.07. The molecule has 168 valence electrons. The van der Waals surface area contributed by atoms with E-state index in [1.54, 1.807) is 30.3 Å². The first-order chi connectivity index (χ1) is 15.1. The van der Waals surface area contributed by atoms with Gasteiger partial charge in [0.1, 0.15) is 5.76 Å². The number of rotatable bonds is 6. The minimum Gasteiger partial charge on any atom is -0.507 e. The van der Waals surface area contributed by atoms with Gasteiger partial charge in [-0.1, -0.05) is 29.8 Å². The van der Waals surface area contributed by atoms with Gasteiger partial charge < -0.3 is 19.6 Å². The Morgan fingerprint density at radius 3 is 2.34 bits per heavy atom. The molecule has 1 atom stereocenters. The maximum atomic E-state index is 13.1. The number of benzene rings is 2. The van der Waals surface area contributed by atoms with Crippen LogP contribution in [0.3, 0.4) is 0 Å². The first-order valence-electron chi connectivity index (χ1n) is 10.3. The van der Waals surface area contributed by atoms with Gasteiger partial charge in [-0.3, -0.25) is 9.59 Å². The average Bonchev–Trinajstić information content (AvgIpc) is 3.03. The number of aryl methyl sites for hydroxylation is 2. The Morgan fingerprint density at radius 2 is 1.75 bits per heavy atom. The molecule has 1 aliphatic rings. The number of hydrogen-bond donors (Lipinski definition) is 1. The maximum Gasteiger partial charge on any atom is 0.337 e. The molecule has 7 heteroatoms. The fraction of sp³-hybridized carbons (Fsp3) is 0.320. The fourth-order valence-corrected chi connectivity index (χ4v) is 3.82. The van der Waals surface area contributed by atoms with Gasteiger partial charge >= 0.3 is 5.97 Å². The van der Waals surface area contributed by atoms with Crippen LogP contribution in [0.4, 0.5) is 0 Å². The first kappa shape index (κ1) is 23.2. The van der Waals surface area contributed by atoms with Gasteiger partial charge in [-0.25, -0.2) is 4.79 Å². The van der Waals surface area contributed by atoms with Crippen LogP contribution in [0.2, 0.25) is 0 Å². The van der Waals surface area contributed by atoms with E-state index in [0.717, 1.165) is 11.1 Å². The van der Waals surface area contributed by atoms with E-state index in [1.165, 1.54) is 12.0 Å². The second-order valence-electron chi connectivity index (χ2n) is 8.23. The molecule has 2 aromatic rings. The molecule has 0 aromatic heterocycles. The highest BCUT2D eigenvalue weighted by Crippen LogP contribution is 2.40. The smallest absolute Gasteiger partial charge is 0.337 e. The molecular formula is C25H28N2O5. The SMILES string of the molecule is COC(=O)c1ccc(C2C(=C(O)c3cc(C)ccc3C)C(=O)C(=O)N2CCN(C)C)cc1. The molecule has 7 nitrogen and oxygen atoms in total. The molecule has 1 N–H and O–H groups in total. The molecule has 2 aromatic carbocycles. The summed E-state index contributed by atoms with van der Waals surface area (Å²) in [4.78, 5) is 41.3. The third-order valence-electron chi connectivity index (χ3n) is 5.62. The van der Waals surface area contributed by atoms with Gasteiger partial charge in [0.25, 0.3) is 11.7 Å². The van der Waals surface area contributed by atoms with Crippen LogP contribution in [0.25, 0.3) is 5.76 Å². The number of carbonyl (C=O) groups excluding carboxylic acids is 3. The van der Waals surface area contributed by atoms with Crippen LogP contribution >= 0.6 is 0 Å². The number of hydrogen-bond acceptors (Lipinski definition) is 6. The average molecular weight is 437 g/mol. The van der Waals surface area contributed by atoms with Crippen LogP contribution < -0.4 is 0 Å². The Balaban J connectivity index is 2.17. The number of likely N-dealkylation sites (tertiary alicyclic amines) is 1. The quantitative estimate of drug-likeness (QED) is 0.324. The molecule has 1 saturated heterocycles. The van der Waals surface area contributed by atoms with Crippen molar-refractivity contribution >= 4 is 23.4 Å². The zero-order valence-corrected chi connectivity index (χ0v) is 19.0. The van der Waals surface area contributed by atoms with E-state index in [1.807, 2.05) is 45.0 Å². The number of amides is 1. The molecule has 0 saturated carbocycles. The Kier molecular flexibility index (Phi) is 6.79. The molecule has 1 aliphatic heterocycles. The van der Waals surface area contributed by atoms with E-state index in [2.05, 4.69) is 0 Å². The molecule has 0 spiro atoms. The van der Waals surface area contributed by atoms with Crippen LogP contribution in [-0.2, 0) is 14.3 Å². The van der Waals surface area contributed by atoms with Gasteiger partial charge in [0.2, 0.25) is 0 Å². The van der Waals surface area contributed by atoms with E-state index in [0.29, 0.717) is 29.8 Å². The third kappa shape index (κ3) is 4.43. The predicted molar refractivity (Wildman–Crippen MR) is 121 cm³/mol. The Hall–Kier alpha value is -3.45. The van der Waals surface area contributed by atoms with Crippen LogP contribution in [0, 0.1) is 13.8 Å². The van der Waals surface area contributed by atoms with E-state index in [9.17, 15) is 19.5 Å². The molecule has 3 rings (SSSR count). The van der Waals surface area contributed by atoms with Gasteiger partial charge in [0, 0.05) is 18.7 Å².